The van der Waals surface area contributed by atoms with Crippen LogP contribution < -0.4 is 11.1 Å². The minimum atomic E-state index is -0.915. The highest BCUT2D eigenvalue weighted by atomic mass is 35.5. The third-order valence-electron chi connectivity index (χ3n) is 3.36. The lowest BCUT2D eigenvalue weighted by atomic mass is 9.81. The summed E-state index contributed by atoms with van der Waals surface area (Å²) in [6.07, 6.45) is 0.987. The molecule has 110 valence electrons. The zero-order valence-electron chi connectivity index (χ0n) is 11.1. The maximum absolute atomic E-state index is 12.5. The summed E-state index contributed by atoms with van der Waals surface area (Å²) in [6, 6.07) is 3.01. The van der Waals surface area contributed by atoms with Crippen LogP contribution in [0.2, 0.25) is 15.1 Å². The molecule has 0 radical (unpaired) electrons. The third kappa shape index (κ3) is 3.37. The number of amides is 1. The van der Waals surface area contributed by atoms with E-state index in [1.54, 1.807) is 0 Å². The molecule has 1 rings (SSSR count). The van der Waals surface area contributed by atoms with Gasteiger partial charge in [-0.05, 0) is 25.0 Å². The number of benzene rings is 1. The summed E-state index contributed by atoms with van der Waals surface area (Å²) in [6.45, 7) is 3.71. The van der Waals surface area contributed by atoms with Gasteiger partial charge in [-0.3, -0.25) is 4.79 Å². The van der Waals surface area contributed by atoms with Crippen molar-refractivity contribution < 1.29 is 4.79 Å². The van der Waals surface area contributed by atoms with Crippen LogP contribution in [0, 0.1) is 5.41 Å². The first-order valence-electron chi connectivity index (χ1n) is 6.04. The molecule has 1 aromatic carbocycles. The molecule has 0 fully saturated rings. The van der Waals surface area contributed by atoms with Crippen molar-refractivity contribution in [2.45, 2.75) is 26.7 Å². The summed E-state index contributed by atoms with van der Waals surface area (Å²) in [5, 5.41) is 3.62. The van der Waals surface area contributed by atoms with Crippen LogP contribution in [0.25, 0.3) is 0 Å². The molecule has 1 aromatic rings. The Morgan fingerprint density at radius 2 is 1.70 bits per heavy atom. The molecule has 3 nitrogen and oxygen atoms in total. The van der Waals surface area contributed by atoms with E-state index in [0.717, 1.165) is 0 Å². The van der Waals surface area contributed by atoms with Gasteiger partial charge >= 0.3 is 0 Å². The average Bonchev–Trinajstić information content (AvgIpc) is 2.35. The Labute approximate surface area is 138 Å². The van der Waals surface area contributed by atoms with Gasteiger partial charge in [0.15, 0.2) is 0 Å². The van der Waals surface area contributed by atoms with Crippen LogP contribution in [0.15, 0.2) is 12.1 Å². The molecular weight excluding hydrogens is 339 g/mol. The number of carbonyl (C=O) groups is 1. The number of carbonyl (C=O) groups excluding carboxylic acids is 1. The number of rotatable bonds is 5. The molecule has 0 spiro atoms. The van der Waals surface area contributed by atoms with E-state index in [-0.39, 0.29) is 20.9 Å². The molecule has 0 bridgehead atoms. The smallest absolute Gasteiger partial charge is 0.237 e. The van der Waals surface area contributed by atoms with Gasteiger partial charge in [-0.15, -0.1) is 0 Å². The molecule has 7 heteroatoms. The molecule has 0 unspecified atom stereocenters. The second-order valence-corrected chi connectivity index (χ2v) is 6.04. The average molecular weight is 354 g/mol. The first-order chi connectivity index (χ1) is 9.28. The zero-order chi connectivity index (χ0) is 15.5. The number of nitrogens with one attached hydrogen (secondary N) is 1. The molecule has 0 saturated heterocycles. The Morgan fingerprint density at radius 1 is 1.25 bits per heavy atom. The molecule has 0 heterocycles. The maximum Gasteiger partial charge on any atom is 0.237 e. The standard InChI is InChI=1S/C13H15Cl3N2OS/c1-3-13(4-2,11(17)20)12(19)18-10-8(15)5-7(14)6-9(10)16/h5-6H,3-4H2,1-2H3,(H2,17,20)(H,18,19). The zero-order valence-corrected chi connectivity index (χ0v) is 14.2. The van der Waals surface area contributed by atoms with Crippen molar-refractivity contribution in [3.8, 4) is 0 Å². The second-order valence-electron chi connectivity index (χ2n) is 4.35. The van der Waals surface area contributed by atoms with Gasteiger partial charge < -0.3 is 11.1 Å². The number of nitrogens with two attached hydrogens (primary N) is 1. The van der Waals surface area contributed by atoms with Crippen LogP contribution in [-0.4, -0.2) is 10.9 Å². The Bertz CT molecular complexity index is 521. The normalized spacial score (nSPS) is 11.2. The topological polar surface area (TPSA) is 55.1 Å². The number of anilines is 1. The van der Waals surface area contributed by atoms with E-state index in [9.17, 15) is 4.79 Å². The molecular formula is C13H15Cl3N2OS. The van der Waals surface area contributed by atoms with Crippen molar-refractivity contribution in [3.05, 3.63) is 27.2 Å². The Morgan fingerprint density at radius 3 is 2.05 bits per heavy atom. The van der Waals surface area contributed by atoms with Gasteiger partial charge in [0.05, 0.1) is 26.1 Å². The molecule has 0 atom stereocenters. The summed E-state index contributed by atoms with van der Waals surface area (Å²) < 4.78 is 0. The fourth-order valence-corrected chi connectivity index (χ4v) is 3.22. The van der Waals surface area contributed by atoms with Crippen LogP contribution in [0.4, 0.5) is 5.69 Å². The number of halogens is 3. The quantitative estimate of drug-likeness (QED) is 0.756. The van der Waals surface area contributed by atoms with Gasteiger partial charge in [0.2, 0.25) is 5.91 Å². The minimum Gasteiger partial charge on any atom is -0.392 e. The molecule has 0 aromatic heterocycles. The van der Waals surface area contributed by atoms with Crippen molar-refractivity contribution in [1.82, 2.24) is 0 Å². The Hall–Kier alpha value is -0.550. The van der Waals surface area contributed by atoms with Crippen molar-refractivity contribution >= 4 is 63.6 Å². The predicted molar refractivity (Wildman–Crippen MR) is 89.9 cm³/mol. The highest BCUT2D eigenvalue weighted by Crippen LogP contribution is 2.36. The van der Waals surface area contributed by atoms with Crippen LogP contribution in [0.5, 0.6) is 0 Å². The van der Waals surface area contributed by atoms with Crippen LogP contribution >= 0.6 is 47.0 Å². The monoisotopic (exact) mass is 352 g/mol. The van der Waals surface area contributed by atoms with Crippen molar-refractivity contribution in [2.24, 2.45) is 11.1 Å². The van der Waals surface area contributed by atoms with Crippen molar-refractivity contribution in [3.63, 3.8) is 0 Å². The lowest BCUT2D eigenvalue weighted by Gasteiger charge is -2.29. The molecule has 0 aliphatic carbocycles. The van der Waals surface area contributed by atoms with Gasteiger partial charge in [-0.2, -0.15) is 0 Å². The predicted octanol–water partition coefficient (Wildman–Crippen LogP) is 4.68. The van der Waals surface area contributed by atoms with Gasteiger partial charge in [0.25, 0.3) is 0 Å². The third-order valence-corrected chi connectivity index (χ3v) is 4.56. The van der Waals surface area contributed by atoms with E-state index in [1.807, 2.05) is 13.8 Å². The summed E-state index contributed by atoms with van der Waals surface area (Å²) in [5.41, 5.74) is 5.13. The first-order valence-corrected chi connectivity index (χ1v) is 7.58. The van der Waals surface area contributed by atoms with E-state index in [2.05, 4.69) is 5.32 Å². The number of thiocarbonyl (C=S) groups is 1. The van der Waals surface area contributed by atoms with Gasteiger partial charge in [0, 0.05) is 5.02 Å². The lowest BCUT2D eigenvalue weighted by Crippen LogP contribution is -2.45. The largest absolute Gasteiger partial charge is 0.392 e. The van der Waals surface area contributed by atoms with Gasteiger partial charge in [-0.25, -0.2) is 0 Å². The summed E-state index contributed by atoms with van der Waals surface area (Å²) in [4.78, 5) is 12.7. The van der Waals surface area contributed by atoms with E-state index in [0.29, 0.717) is 23.6 Å². The van der Waals surface area contributed by atoms with Crippen LogP contribution in [0.3, 0.4) is 0 Å². The van der Waals surface area contributed by atoms with Crippen molar-refractivity contribution in [1.29, 1.82) is 0 Å². The first kappa shape index (κ1) is 17.5. The Kier molecular flexibility index (Phi) is 6.07. The second kappa shape index (κ2) is 6.94. The van der Waals surface area contributed by atoms with Gasteiger partial charge in [-0.1, -0.05) is 60.9 Å². The number of hydrogen-bond donors (Lipinski definition) is 2. The number of hydrogen-bond acceptors (Lipinski definition) is 2. The van der Waals surface area contributed by atoms with E-state index >= 15 is 0 Å². The molecule has 20 heavy (non-hydrogen) atoms. The molecule has 3 N–H and O–H groups in total. The molecule has 0 aliphatic rings. The van der Waals surface area contributed by atoms with E-state index < -0.39 is 5.41 Å². The highest BCUT2D eigenvalue weighted by molar-refractivity contribution is 7.80. The van der Waals surface area contributed by atoms with E-state index in [1.165, 1.54) is 12.1 Å². The van der Waals surface area contributed by atoms with Crippen molar-refractivity contribution in [2.75, 3.05) is 5.32 Å². The Balaban J connectivity index is 3.16. The summed E-state index contributed by atoms with van der Waals surface area (Å²) in [7, 11) is 0. The minimum absolute atomic E-state index is 0.154. The lowest BCUT2D eigenvalue weighted by molar-refractivity contribution is -0.122. The molecule has 0 aliphatic heterocycles. The molecule has 1 amide bonds. The highest BCUT2D eigenvalue weighted by Gasteiger charge is 2.38. The van der Waals surface area contributed by atoms with E-state index in [4.69, 9.17) is 52.8 Å². The van der Waals surface area contributed by atoms with Crippen LogP contribution in [0.1, 0.15) is 26.7 Å². The molecule has 0 saturated carbocycles. The maximum atomic E-state index is 12.5. The summed E-state index contributed by atoms with van der Waals surface area (Å²) in [5.74, 6) is -0.318. The SMILES string of the molecule is CCC(CC)(C(=O)Nc1c(Cl)cc(Cl)cc1Cl)C(N)=S. The fourth-order valence-electron chi connectivity index (χ4n) is 1.93. The van der Waals surface area contributed by atoms with Gasteiger partial charge in [0.1, 0.15) is 0 Å². The fraction of sp³-hybridized carbons (Fsp3) is 0.385. The van der Waals surface area contributed by atoms with Crippen LogP contribution in [-0.2, 0) is 4.79 Å². The summed E-state index contributed by atoms with van der Waals surface area (Å²) >= 11 is 23.0.